The number of ether oxygens (including phenoxy) is 1. The van der Waals surface area contributed by atoms with E-state index >= 15 is 0 Å². The van der Waals surface area contributed by atoms with Crippen LogP contribution in [0.3, 0.4) is 0 Å². The van der Waals surface area contributed by atoms with Crippen molar-refractivity contribution in [1.82, 2.24) is 15.0 Å². The van der Waals surface area contributed by atoms with E-state index < -0.39 is 0 Å². The number of nitrogen functional groups attached to an aromatic ring is 2. The molecule has 0 aliphatic heterocycles. The molecule has 0 aromatic carbocycles. The lowest BCUT2D eigenvalue weighted by Gasteiger charge is -1.96. The zero-order chi connectivity index (χ0) is 9.68. The molecular formula is C6H10N6O. The van der Waals surface area contributed by atoms with Gasteiger partial charge >= 0.3 is 0 Å². The second kappa shape index (κ2) is 4.19. The van der Waals surface area contributed by atoms with Crippen LogP contribution in [-0.4, -0.2) is 28.0 Å². The Morgan fingerprint density at radius 2 is 1.92 bits per heavy atom. The molecule has 13 heavy (non-hydrogen) atoms. The summed E-state index contributed by atoms with van der Waals surface area (Å²) in [5.74, 6) is 0.214. The van der Waals surface area contributed by atoms with Gasteiger partial charge < -0.3 is 16.2 Å². The summed E-state index contributed by atoms with van der Waals surface area (Å²) in [6.07, 6.45) is 1.23. The van der Waals surface area contributed by atoms with Gasteiger partial charge in [0.05, 0.1) is 6.61 Å². The molecule has 0 radical (unpaired) electrons. The van der Waals surface area contributed by atoms with Crippen molar-refractivity contribution in [2.75, 3.05) is 18.1 Å². The van der Waals surface area contributed by atoms with Crippen LogP contribution >= 0.6 is 0 Å². The van der Waals surface area contributed by atoms with Gasteiger partial charge in [-0.05, 0) is 6.92 Å². The molecule has 1 rings (SSSR count). The Labute approximate surface area is 74.9 Å². The minimum absolute atomic E-state index is 0.0381. The molecule has 4 N–H and O–H groups in total. The van der Waals surface area contributed by atoms with Gasteiger partial charge in [-0.2, -0.15) is 19.9 Å². The van der Waals surface area contributed by atoms with Crippen molar-refractivity contribution in [2.24, 2.45) is 4.99 Å². The van der Waals surface area contributed by atoms with E-state index in [1.807, 2.05) is 6.92 Å². The van der Waals surface area contributed by atoms with Crippen LogP contribution in [0.25, 0.3) is 0 Å². The van der Waals surface area contributed by atoms with E-state index in [1.54, 1.807) is 0 Å². The summed E-state index contributed by atoms with van der Waals surface area (Å²) in [5, 5.41) is 0. The normalized spacial score (nSPS) is 10.5. The second-order valence-electron chi connectivity index (χ2n) is 2.04. The Morgan fingerprint density at radius 3 is 2.46 bits per heavy atom. The zero-order valence-corrected chi connectivity index (χ0v) is 7.14. The van der Waals surface area contributed by atoms with Crippen LogP contribution in [0, 0.1) is 0 Å². The highest BCUT2D eigenvalue weighted by atomic mass is 16.5. The van der Waals surface area contributed by atoms with Gasteiger partial charge in [-0.15, -0.1) is 0 Å². The first-order chi connectivity index (χ1) is 6.22. The van der Waals surface area contributed by atoms with Crippen molar-refractivity contribution in [2.45, 2.75) is 6.92 Å². The van der Waals surface area contributed by atoms with Crippen LogP contribution < -0.4 is 11.5 Å². The number of hydrogen-bond acceptors (Lipinski definition) is 7. The number of aromatic nitrogens is 3. The quantitative estimate of drug-likeness (QED) is 0.491. The lowest BCUT2D eigenvalue weighted by atomic mass is 10.8. The lowest BCUT2D eigenvalue weighted by Crippen LogP contribution is -2.01. The third-order valence-electron chi connectivity index (χ3n) is 1.07. The fraction of sp³-hybridized carbons (Fsp3) is 0.333. The maximum absolute atomic E-state index is 5.31. The highest BCUT2D eigenvalue weighted by molar-refractivity contribution is 5.52. The predicted octanol–water partition coefficient (Wildman–Crippen LogP) is -0.268. The Kier molecular flexibility index (Phi) is 2.96. The van der Waals surface area contributed by atoms with E-state index in [0.717, 1.165) is 0 Å². The van der Waals surface area contributed by atoms with E-state index in [-0.39, 0.29) is 17.8 Å². The molecular weight excluding hydrogens is 172 g/mol. The van der Waals surface area contributed by atoms with Gasteiger partial charge in [0, 0.05) is 0 Å². The Balaban J connectivity index is 2.77. The van der Waals surface area contributed by atoms with E-state index in [9.17, 15) is 0 Å². The van der Waals surface area contributed by atoms with Crippen LogP contribution in [-0.2, 0) is 4.74 Å². The van der Waals surface area contributed by atoms with Crippen molar-refractivity contribution < 1.29 is 4.74 Å². The van der Waals surface area contributed by atoms with E-state index in [1.165, 1.54) is 6.40 Å². The van der Waals surface area contributed by atoms with E-state index in [2.05, 4.69) is 19.9 Å². The monoisotopic (exact) mass is 182 g/mol. The van der Waals surface area contributed by atoms with Crippen molar-refractivity contribution >= 4 is 24.2 Å². The van der Waals surface area contributed by atoms with Gasteiger partial charge in [-0.1, -0.05) is 0 Å². The molecule has 0 aliphatic carbocycles. The molecule has 0 saturated heterocycles. The van der Waals surface area contributed by atoms with Crippen molar-refractivity contribution in [3.05, 3.63) is 0 Å². The van der Waals surface area contributed by atoms with Gasteiger partial charge in [-0.3, -0.25) is 0 Å². The summed E-state index contributed by atoms with van der Waals surface area (Å²) >= 11 is 0. The topological polar surface area (TPSA) is 112 Å². The van der Waals surface area contributed by atoms with Crippen LogP contribution in [0.1, 0.15) is 6.92 Å². The minimum Gasteiger partial charge on any atom is -0.483 e. The summed E-state index contributed by atoms with van der Waals surface area (Å²) in [4.78, 5) is 14.7. The zero-order valence-electron chi connectivity index (χ0n) is 7.14. The number of rotatable bonds is 3. The smallest absolute Gasteiger partial charge is 0.258 e. The lowest BCUT2D eigenvalue weighted by molar-refractivity contribution is 0.343. The summed E-state index contributed by atoms with van der Waals surface area (Å²) in [5.41, 5.74) is 10.6. The van der Waals surface area contributed by atoms with Gasteiger partial charge in [0.25, 0.3) is 5.95 Å². The third-order valence-corrected chi connectivity index (χ3v) is 1.07. The SMILES string of the molecule is CCOC=Nc1nc(N)nc(N)n1. The van der Waals surface area contributed by atoms with Gasteiger partial charge in [0.15, 0.2) is 6.40 Å². The summed E-state index contributed by atoms with van der Waals surface area (Å²) < 4.78 is 4.84. The predicted molar refractivity (Wildman–Crippen MR) is 48.4 cm³/mol. The number of nitrogens with zero attached hydrogens (tertiary/aromatic N) is 4. The first-order valence-corrected chi connectivity index (χ1v) is 3.63. The Hall–Kier alpha value is -1.92. The fourth-order valence-corrected chi connectivity index (χ4v) is 0.614. The summed E-state index contributed by atoms with van der Waals surface area (Å²) in [7, 11) is 0. The van der Waals surface area contributed by atoms with Gasteiger partial charge in [0.1, 0.15) is 0 Å². The van der Waals surface area contributed by atoms with Crippen molar-refractivity contribution in [3.8, 4) is 0 Å². The molecule has 7 nitrogen and oxygen atoms in total. The number of hydrogen-bond donors (Lipinski definition) is 2. The molecule has 1 aromatic rings. The van der Waals surface area contributed by atoms with Crippen LogP contribution in [0.4, 0.5) is 17.8 Å². The van der Waals surface area contributed by atoms with Crippen LogP contribution in [0.2, 0.25) is 0 Å². The van der Waals surface area contributed by atoms with E-state index in [4.69, 9.17) is 16.2 Å². The van der Waals surface area contributed by atoms with Crippen LogP contribution in [0.5, 0.6) is 0 Å². The third kappa shape index (κ3) is 2.89. The molecule has 1 aromatic heterocycles. The standard InChI is InChI=1S/C6H10N6O/c1-2-13-3-9-6-11-4(7)10-5(8)12-6/h3H,2H2,1H3,(H4,7,8,10,11,12). The maximum Gasteiger partial charge on any atom is 0.258 e. The van der Waals surface area contributed by atoms with Crippen molar-refractivity contribution in [1.29, 1.82) is 0 Å². The van der Waals surface area contributed by atoms with Gasteiger partial charge in [0.2, 0.25) is 11.9 Å². The average molecular weight is 182 g/mol. The Bertz CT molecular complexity index is 292. The maximum atomic E-state index is 5.31. The molecule has 0 unspecified atom stereocenters. The molecule has 0 aliphatic rings. The fourth-order valence-electron chi connectivity index (χ4n) is 0.614. The summed E-state index contributed by atoms with van der Waals surface area (Å²) in [6.45, 7) is 2.36. The first kappa shape index (κ1) is 9.17. The summed E-state index contributed by atoms with van der Waals surface area (Å²) in [6, 6.07) is 0. The molecule has 0 spiro atoms. The number of nitrogens with two attached hydrogens (primary N) is 2. The molecule has 0 atom stereocenters. The number of aliphatic imine (C=N–C) groups is 1. The molecule has 70 valence electrons. The molecule has 0 amide bonds. The highest BCUT2D eigenvalue weighted by Gasteiger charge is 1.97. The average Bonchev–Trinajstić information content (AvgIpc) is 2.03. The number of anilines is 2. The largest absolute Gasteiger partial charge is 0.483 e. The molecule has 1 heterocycles. The molecule has 0 bridgehead atoms. The first-order valence-electron chi connectivity index (χ1n) is 3.63. The van der Waals surface area contributed by atoms with E-state index in [0.29, 0.717) is 6.61 Å². The second-order valence-corrected chi connectivity index (χ2v) is 2.04. The highest BCUT2D eigenvalue weighted by Crippen LogP contribution is 2.05. The van der Waals surface area contributed by atoms with Crippen molar-refractivity contribution in [3.63, 3.8) is 0 Å². The van der Waals surface area contributed by atoms with Gasteiger partial charge in [-0.25, -0.2) is 0 Å². The molecule has 7 heteroatoms. The molecule has 0 saturated carbocycles. The molecule has 0 fully saturated rings. The Morgan fingerprint density at radius 1 is 1.31 bits per heavy atom. The minimum atomic E-state index is 0.0381. The van der Waals surface area contributed by atoms with Crippen LogP contribution in [0.15, 0.2) is 4.99 Å².